The second-order valence-corrected chi connectivity index (χ2v) is 5.96. The Bertz CT molecular complexity index is 356. The summed E-state index contributed by atoms with van der Waals surface area (Å²) in [5, 5.41) is 9.17. The van der Waals surface area contributed by atoms with Crippen molar-refractivity contribution in [1.29, 1.82) is 0 Å². The van der Waals surface area contributed by atoms with Gasteiger partial charge in [0.05, 0.1) is 5.41 Å². The number of aliphatic carboxylic acids is 1. The Balaban J connectivity index is 1.87. The molecule has 0 bridgehead atoms. The van der Waals surface area contributed by atoms with E-state index >= 15 is 0 Å². The van der Waals surface area contributed by atoms with Gasteiger partial charge in [-0.05, 0) is 32.6 Å². The second kappa shape index (κ2) is 5.36. The molecule has 3 N–H and O–H groups in total. The Morgan fingerprint density at radius 1 is 1.11 bits per heavy atom. The van der Waals surface area contributed by atoms with Crippen LogP contribution < -0.4 is 5.73 Å². The maximum absolute atomic E-state index is 12.3. The van der Waals surface area contributed by atoms with Crippen LogP contribution in [0.5, 0.6) is 0 Å². The van der Waals surface area contributed by atoms with E-state index < -0.39 is 11.4 Å². The summed E-state index contributed by atoms with van der Waals surface area (Å²) in [7, 11) is 0. The van der Waals surface area contributed by atoms with Gasteiger partial charge in [-0.2, -0.15) is 0 Å². The molecule has 0 aliphatic carbocycles. The van der Waals surface area contributed by atoms with Crippen molar-refractivity contribution in [3.63, 3.8) is 0 Å². The predicted molar refractivity (Wildman–Crippen MR) is 70.7 cm³/mol. The molecule has 2 amide bonds. The van der Waals surface area contributed by atoms with Crippen LogP contribution in [0.2, 0.25) is 0 Å². The van der Waals surface area contributed by atoms with Gasteiger partial charge in [-0.25, -0.2) is 4.79 Å². The number of piperidine rings is 2. The Hall–Kier alpha value is -1.30. The number of amides is 2. The maximum atomic E-state index is 12.3. The first-order valence-electron chi connectivity index (χ1n) is 6.95. The van der Waals surface area contributed by atoms with Gasteiger partial charge < -0.3 is 20.6 Å². The monoisotopic (exact) mass is 269 g/mol. The van der Waals surface area contributed by atoms with Gasteiger partial charge >= 0.3 is 12.0 Å². The normalized spacial score (nSPS) is 24.3. The number of urea groups is 1. The van der Waals surface area contributed by atoms with Crippen LogP contribution in [0.4, 0.5) is 4.79 Å². The summed E-state index contributed by atoms with van der Waals surface area (Å²) in [6, 6.07) is 0.250. The molecule has 2 rings (SSSR count). The first-order chi connectivity index (χ1) is 8.92. The number of hydrogen-bond acceptors (Lipinski definition) is 3. The molecule has 6 nitrogen and oxygen atoms in total. The highest BCUT2D eigenvalue weighted by molar-refractivity contribution is 5.77. The fourth-order valence-corrected chi connectivity index (χ4v) is 2.70. The zero-order valence-corrected chi connectivity index (χ0v) is 11.5. The third kappa shape index (κ3) is 3.00. The predicted octanol–water partition coefficient (Wildman–Crippen LogP) is 0.716. The van der Waals surface area contributed by atoms with E-state index in [1.165, 1.54) is 0 Å². The molecule has 2 saturated heterocycles. The van der Waals surface area contributed by atoms with Crippen LogP contribution >= 0.6 is 0 Å². The number of nitrogens with zero attached hydrogens (tertiary/aromatic N) is 2. The largest absolute Gasteiger partial charge is 0.481 e. The van der Waals surface area contributed by atoms with E-state index in [-0.39, 0.29) is 12.1 Å². The van der Waals surface area contributed by atoms with E-state index in [9.17, 15) is 14.7 Å². The minimum Gasteiger partial charge on any atom is -0.481 e. The molecule has 2 aliphatic rings. The molecule has 2 aliphatic heterocycles. The second-order valence-electron chi connectivity index (χ2n) is 5.96. The van der Waals surface area contributed by atoms with Gasteiger partial charge in [0, 0.05) is 32.2 Å². The Labute approximate surface area is 113 Å². The molecule has 6 heteroatoms. The SMILES string of the molecule is CC1(C(=O)O)CCN(C(=O)N2CCC(N)CC2)CC1. The lowest BCUT2D eigenvalue weighted by Crippen LogP contribution is -2.52. The van der Waals surface area contributed by atoms with Gasteiger partial charge in [-0.15, -0.1) is 0 Å². The number of carboxylic acids is 1. The van der Waals surface area contributed by atoms with Crippen LogP contribution in [-0.2, 0) is 4.79 Å². The molecule has 0 unspecified atom stereocenters. The van der Waals surface area contributed by atoms with Crippen molar-refractivity contribution < 1.29 is 14.7 Å². The number of carbonyl (C=O) groups is 2. The summed E-state index contributed by atoms with van der Waals surface area (Å²) < 4.78 is 0. The van der Waals surface area contributed by atoms with Crippen molar-refractivity contribution in [1.82, 2.24) is 9.80 Å². The molecule has 0 atom stereocenters. The summed E-state index contributed by atoms with van der Waals surface area (Å²) >= 11 is 0. The topological polar surface area (TPSA) is 86.9 Å². The van der Waals surface area contributed by atoms with E-state index in [2.05, 4.69) is 0 Å². The number of rotatable bonds is 1. The number of hydrogen-bond donors (Lipinski definition) is 2. The molecule has 2 fully saturated rings. The number of nitrogens with two attached hydrogens (primary N) is 1. The van der Waals surface area contributed by atoms with Crippen molar-refractivity contribution in [2.45, 2.75) is 38.6 Å². The van der Waals surface area contributed by atoms with Crippen molar-refractivity contribution in [2.75, 3.05) is 26.2 Å². The zero-order chi connectivity index (χ0) is 14.0. The van der Waals surface area contributed by atoms with Crippen molar-refractivity contribution in [3.05, 3.63) is 0 Å². The quantitative estimate of drug-likeness (QED) is 0.734. The molecule has 0 radical (unpaired) electrons. The van der Waals surface area contributed by atoms with Gasteiger partial charge in [0.2, 0.25) is 0 Å². The van der Waals surface area contributed by atoms with Crippen molar-refractivity contribution in [3.8, 4) is 0 Å². The van der Waals surface area contributed by atoms with Crippen LogP contribution in [0.25, 0.3) is 0 Å². The number of carboxylic acid groups (broad SMARTS) is 1. The minimum atomic E-state index is -0.761. The molecular formula is C13H23N3O3. The smallest absolute Gasteiger partial charge is 0.320 e. The summed E-state index contributed by atoms with van der Waals surface area (Å²) in [5.74, 6) is -0.761. The van der Waals surface area contributed by atoms with Gasteiger partial charge in [-0.1, -0.05) is 0 Å². The van der Waals surface area contributed by atoms with Gasteiger partial charge in [0.1, 0.15) is 0 Å². The highest BCUT2D eigenvalue weighted by Crippen LogP contribution is 2.31. The number of likely N-dealkylation sites (tertiary alicyclic amines) is 2. The standard InChI is InChI=1S/C13H23N3O3/c1-13(11(17)18)4-8-16(9-5-13)12(19)15-6-2-10(14)3-7-15/h10H,2-9,14H2,1H3,(H,17,18). The summed E-state index contributed by atoms with van der Waals surface area (Å²) in [6.45, 7) is 4.25. The van der Waals surface area contributed by atoms with Crippen molar-refractivity contribution in [2.24, 2.45) is 11.1 Å². The Morgan fingerprint density at radius 2 is 1.58 bits per heavy atom. The van der Waals surface area contributed by atoms with Crippen molar-refractivity contribution >= 4 is 12.0 Å². The fourth-order valence-electron chi connectivity index (χ4n) is 2.70. The molecule has 0 aromatic carbocycles. The molecule has 0 spiro atoms. The summed E-state index contributed by atoms with van der Waals surface area (Å²) in [5.41, 5.74) is 5.15. The van der Waals surface area contributed by atoms with E-state index in [4.69, 9.17) is 5.73 Å². The average Bonchev–Trinajstić information content (AvgIpc) is 2.39. The minimum absolute atomic E-state index is 0.0411. The highest BCUT2D eigenvalue weighted by Gasteiger charge is 2.39. The molecular weight excluding hydrogens is 246 g/mol. The first-order valence-corrected chi connectivity index (χ1v) is 6.95. The highest BCUT2D eigenvalue weighted by atomic mass is 16.4. The van der Waals surface area contributed by atoms with Crippen LogP contribution in [-0.4, -0.2) is 59.1 Å². The van der Waals surface area contributed by atoms with E-state index in [1.54, 1.807) is 11.8 Å². The molecule has 0 aromatic rings. The molecule has 108 valence electrons. The Kier molecular flexibility index (Phi) is 3.99. The van der Waals surface area contributed by atoms with Gasteiger partial charge in [-0.3, -0.25) is 4.79 Å². The van der Waals surface area contributed by atoms with E-state index in [0.29, 0.717) is 39.0 Å². The number of carbonyl (C=O) groups excluding carboxylic acids is 1. The first kappa shape index (κ1) is 14.1. The van der Waals surface area contributed by atoms with E-state index in [0.717, 1.165) is 12.8 Å². The fraction of sp³-hybridized carbons (Fsp3) is 0.846. The van der Waals surface area contributed by atoms with Crippen LogP contribution in [0, 0.1) is 5.41 Å². The van der Waals surface area contributed by atoms with Gasteiger partial charge in [0.25, 0.3) is 0 Å². The zero-order valence-electron chi connectivity index (χ0n) is 11.5. The lowest BCUT2D eigenvalue weighted by Gasteiger charge is -2.40. The molecule has 0 aromatic heterocycles. The van der Waals surface area contributed by atoms with Crippen LogP contribution in [0.3, 0.4) is 0 Å². The molecule has 0 saturated carbocycles. The lowest BCUT2D eigenvalue weighted by molar-refractivity contribution is -0.150. The van der Waals surface area contributed by atoms with Crippen LogP contribution in [0.1, 0.15) is 32.6 Å². The summed E-state index contributed by atoms with van der Waals surface area (Å²) in [6.07, 6.45) is 2.77. The maximum Gasteiger partial charge on any atom is 0.320 e. The average molecular weight is 269 g/mol. The Morgan fingerprint density at radius 3 is 2.05 bits per heavy atom. The van der Waals surface area contributed by atoms with Crippen LogP contribution in [0.15, 0.2) is 0 Å². The summed E-state index contributed by atoms with van der Waals surface area (Å²) in [4.78, 5) is 27.1. The third-order valence-electron chi connectivity index (χ3n) is 4.46. The lowest BCUT2D eigenvalue weighted by atomic mass is 9.80. The molecule has 2 heterocycles. The molecule has 19 heavy (non-hydrogen) atoms. The van der Waals surface area contributed by atoms with E-state index in [1.807, 2.05) is 4.90 Å². The van der Waals surface area contributed by atoms with Gasteiger partial charge in [0.15, 0.2) is 0 Å². The third-order valence-corrected chi connectivity index (χ3v) is 4.46.